The van der Waals surface area contributed by atoms with Crippen LogP contribution in [-0.4, -0.2) is 35.8 Å². The van der Waals surface area contributed by atoms with Gasteiger partial charge < -0.3 is 15.4 Å². The predicted molar refractivity (Wildman–Crippen MR) is 90.5 cm³/mol. The molecule has 1 atom stereocenters. The Hall–Kier alpha value is -1.40. The number of nitrogens with one attached hydrogen (secondary N) is 2. The van der Waals surface area contributed by atoms with Gasteiger partial charge >= 0.3 is 0 Å². The third kappa shape index (κ3) is 4.04. The Morgan fingerprint density at radius 1 is 1.29 bits per heavy atom. The number of fused-ring (bicyclic) bond motifs is 1. The van der Waals surface area contributed by atoms with E-state index < -0.39 is 0 Å². The molecule has 0 aromatic carbocycles. The minimum absolute atomic E-state index is 0.211. The Labute approximate surface area is 130 Å². The van der Waals surface area contributed by atoms with E-state index in [2.05, 4.69) is 40.5 Å². The summed E-state index contributed by atoms with van der Waals surface area (Å²) in [5.74, 6) is 1.57. The molecule has 0 bridgehead atoms. The van der Waals surface area contributed by atoms with Gasteiger partial charge in [0.05, 0.1) is 12.0 Å². The van der Waals surface area contributed by atoms with Gasteiger partial charge in [-0.15, -0.1) is 11.3 Å². The number of hydrogen-bond donors (Lipinski definition) is 2. The lowest BCUT2D eigenvalue weighted by atomic mass is 10.3. The van der Waals surface area contributed by atoms with Gasteiger partial charge in [-0.1, -0.05) is 6.92 Å². The van der Waals surface area contributed by atoms with E-state index in [9.17, 15) is 0 Å². The molecule has 6 heteroatoms. The zero-order valence-corrected chi connectivity index (χ0v) is 14.0. The van der Waals surface area contributed by atoms with Crippen molar-refractivity contribution < 1.29 is 4.74 Å². The van der Waals surface area contributed by atoms with E-state index in [-0.39, 0.29) is 6.04 Å². The lowest BCUT2D eigenvalue weighted by molar-refractivity contribution is 0.141. The van der Waals surface area contributed by atoms with Gasteiger partial charge in [0.2, 0.25) is 5.95 Å². The number of nitrogens with zero attached hydrogens (tertiary/aromatic N) is 2. The lowest BCUT2D eigenvalue weighted by Gasteiger charge is -2.15. The first-order valence-corrected chi connectivity index (χ1v) is 8.38. The number of aromatic nitrogens is 2. The highest BCUT2D eigenvalue weighted by atomic mass is 32.1. The Morgan fingerprint density at radius 3 is 2.76 bits per heavy atom. The third-order valence-corrected chi connectivity index (χ3v) is 4.26. The molecule has 2 heterocycles. The number of rotatable bonds is 8. The summed E-state index contributed by atoms with van der Waals surface area (Å²) in [5, 5.41) is 7.74. The molecule has 0 aliphatic rings. The highest BCUT2D eigenvalue weighted by molar-refractivity contribution is 7.18. The second-order valence-electron chi connectivity index (χ2n) is 4.92. The van der Waals surface area contributed by atoms with Gasteiger partial charge in [0, 0.05) is 24.1 Å². The van der Waals surface area contributed by atoms with E-state index in [1.54, 1.807) is 11.3 Å². The molecule has 2 aromatic rings. The lowest BCUT2D eigenvalue weighted by Crippen LogP contribution is -2.22. The highest BCUT2D eigenvalue weighted by Crippen LogP contribution is 2.30. The van der Waals surface area contributed by atoms with Crippen molar-refractivity contribution in [3.05, 3.63) is 10.9 Å². The molecular weight excluding hydrogens is 284 g/mol. The molecule has 2 aromatic heterocycles. The predicted octanol–water partition coefficient (Wildman–Crippen LogP) is 3.52. The fourth-order valence-electron chi connectivity index (χ4n) is 2.06. The number of anilines is 2. The Bertz CT molecular complexity index is 584. The van der Waals surface area contributed by atoms with E-state index in [4.69, 9.17) is 4.74 Å². The van der Waals surface area contributed by atoms with Crippen molar-refractivity contribution >= 4 is 33.3 Å². The molecule has 0 saturated carbocycles. The SMILES string of the molecule is CCNc1nc(NC(C)COCC)c2cc(CC)sc2n1. The molecule has 1 unspecified atom stereocenters. The molecule has 0 amide bonds. The van der Waals surface area contributed by atoms with Crippen molar-refractivity contribution in [1.29, 1.82) is 0 Å². The first-order chi connectivity index (χ1) is 10.2. The summed E-state index contributed by atoms with van der Waals surface area (Å²) in [7, 11) is 0. The topological polar surface area (TPSA) is 59.1 Å². The van der Waals surface area contributed by atoms with Gasteiger partial charge in [-0.3, -0.25) is 0 Å². The van der Waals surface area contributed by atoms with Crippen molar-refractivity contribution in [3.8, 4) is 0 Å². The smallest absolute Gasteiger partial charge is 0.226 e. The van der Waals surface area contributed by atoms with Gasteiger partial charge in [0.25, 0.3) is 0 Å². The van der Waals surface area contributed by atoms with Gasteiger partial charge in [0.15, 0.2) is 0 Å². The quantitative estimate of drug-likeness (QED) is 0.781. The number of aryl methyl sites for hydroxylation is 1. The van der Waals surface area contributed by atoms with Gasteiger partial charge in [-0.25, -0.2) is 4.98 Å². The van der Waals surface area contributed by atoms with Crippen LogP contribution in [0.3, 0.4) is 0 Å². The number of thiophene rings is 1. The first kappa shape index (κ1) is 16.0. The van der Waals surface area contributed by atoms with Gasteiger partial charge in [-0.05, 0) is 33.3 Å². The van der Waals surface area contributed by atoms with Crippen molar-refractivity contribution in [1.82, 2.24) is 9.97 Å². The maximum absolute atomic E-state index is 5.46. The summed E-state index contributed by atoms with van der Waals surface area (Å²) in [6.07, 6.45) is 1.02. The van der Waals surface area contributed by atoms with Crippen LogP contribution in [0.4, 0.5) is 11.8 Å². The van der Waals surface area contributed by atoms with E-state index in [0.29, 0.717) is 12.6 Å². The molecule has 0 saturated heterocycles. The Kier molecular flexibility index (Phi) is 5.76. The summed E-state index contributed by atoms with van der Waals surface area (Å²) in [4.78, 5) is 11.6. The molecule has 21 heavy (non-hydrogen) atoms. The maximum Gasteiger partial charge on any atom is 0.226 e. The van der Waals surface area contributed by atoms with E-state index in [1.807, 2.05) is 13.8 Å². The van der Waals surface area contributed by atoms with E-state index in [1.165, 1.54) is 4.88 Å². The first-order valence-electron chi connectivity index (χ1n) is 7.56. The summed E-state index contributed by atoms with van der Waals surface area (Å²) in [6, 6.07) is 2.40. The third-order valence-electron chi connectivity index (χ3n) is 3.08. The van der Waals surface area contributed by atoms with Crippen molar-refractivity contribution in [2.75, 3.05) is 30.4 Å². The van der Waals surface area contributed by atoms with Crippen LogP contribution < -0.4 is 10.6 Å². The van der Waals surface area contributed by atoms with Crippen molar-refractivity contribution in [2.24, 2.45) is 0 Å². The molecule has 2 rings (SSSR count). The average molecular weight is 308 g/mol. The number of hydrogen-bond acceptors (Lipinski definition) is 6. The van der Waals surface area contributed by atoms with Crippen LogP contribution in [0, 0.1) is 0 Å². The van der Waals surface area contributed by atoms with Crippen LogP contribution in [0.5, 0.6) is 0 Å². The Balaban J connectivity index is 2.31. The molecule has 2 N–H and O–H groups in total. The number of ether oxygens (including phenoxy) is 1. The maximum atomic E-state index is 5.46. The van der Waals surface area contributed by atoms with Crippen LogP contribution in [0.2, 0.25) is 0 Å². The minimum atomic E-state index is 0.211. The second-order valence-corrected chi connectivity index (χ2v) is 6.03. The van der Waals surface area contributed by atoms with Crippen LogP contribution in [0.15, 0.2) is 6.07 Å². The molecule has 5 nitrogen and oxygen atoms in total. The molecule has 0 aliphatic carbocycles. The van der Waals surface area contributed by atoms with Crippen molar-refractivity contribution in [3.63, 3.8) is 0 Å². The Morgan fingerprint density at radius 2 is 2.10 bits per heavy atom. The summed E-state index contributed by atoms with van der Waals surface area (Å²) < 4.78 is 5.46. The monoisotopic (exact) mass is 308 g/mol. The standard InChI is InChI=1S/C15H24N4OS/c1-5-11-8-12-13(17-10(4)9-20-7-3)18-15(16-6-2)19-14(12)21-11/h8,10H,5-7,9H2,1-4H3,(H2,16,17,18,19). The average Bonchev–Trinajstić information content (AvgIpc) is 2.89. The highest BCUT2D eigenvalue weighted by Gasteiger charge is 2.13. The molecule has 0 fully saturated rings. The zero-order valence-electron chi connectivity index (χ0n) is 13.2. The summed E-state index contributed by atoms with van der Waals surface area (Å²) >= 11 is 1.73. The van der Waals surface area contributed by atoms with E-state index in [0.717, 1.165) is 35.6 Å². The normalized spacial score (nSPS) is 12.6. The molecular formula is C15H24N4OS. The fraction of sp³-hybridized carbons (Fsp3) is 0.600. The van der Waals surface area contributed by atoms with Gasteiger partial charge in [0.1, 0.15) is 10.6 Å². The fourth-order valence-corrected chi connectivity index (χ4v) is 3.03. The molecule has 0 radical (unpaired) electrons. The van der Waals surface area contributed by atoms with Crippen LogP contribution >= 0.6 is 11.3 Å². The molecule has 0 aliphatic heterocycles. The van der Waals surface area contributed by atoms with Crippen LogP contribution in [0.25, 0.3) is 10.2 Å². The summed E-state index contributed by atoms with van der Waals surface area (Å²) in [6.45, 7) is 10.5. The minimum Gasteiger partial charge on any atom is -0.380 e. The summed E-state index contributed by atoms with van der Waals surface area (Å²) in [5.41, 5.74) is 0. The van der Waals surface area contributed by atoms with Gasteiger partial charge in [-0.2, -0.15) is 4.98 Å². The van der Waals surface area contributed by atoms with E-state index >= 15 is 0 Å². The zero-order chi connectivity index (χ0) is 15.2. The molecule has 116 valence electrons. The molecule has 0 spiro atoms. The van der Waals surface area contributed by atoms with Crippen LogP contribution in [0.1, 0.15) is 32.6 Å². The largest absolute Gasteiger partial charge is 0.380 e. The second kappa shape index (κ2) is 7.56. The van der Waals surface area contributed by atoms with Crippen LogP contribution in [-0.2, 0) is 11.2 Å². The van der Waals surface area contributed by atoms with Crippen molar-refractivity contribution in [2.45, 2.75) is 40.2 Å².